The van der Waals surface area contributed by atoms with Crippen molar-refractivity contribution in [1.82, 2.24) is 5.32 Å². The minimum atomic E-state index is -1.48. The van der Waals surface area contributed by atoms with E-state index in [2.05, 4.69) is 11.9 Å². The van der Waals surface area contributed by atoms with Crippen LogP contribution < -0.4 is 5.32 Å². The Labute approximate surface area is 89.1 Å². The highest BCUT2D eigenvalue weighted by molar-refractivity contribution is 5.85. The summed E-state index contributed by atoms with van der Waals surface area (Å²) in [5.74, 6) is -1.18. The summed E-state index contributed by atoms with van der Waals surface area (Å²) in [7, 11) is 0. The van der Waals surface area contributed by atoms with Crippen molar-refractivity contribution >= 4 is 12.1 Å². The second-order valence-electron chi connectivity index (χ2n) is 3.33. The molecule has 5 heteroatoms. The van der Waals surface area contributed by atoms with Crippen LogP contribution in [0.25, 0.3) is 0 Å². The first-order chi connectivity index (χ1) is 6.96. The molecule has 0 aliphatic carbocycles. The first kappa shape index (κ1) is 13.5. The first-order valence-electron chi connectivity index (χ1n) is 4.78. The van der Waals surface area contributed by atoms with E-state index >= 15 is 0 Å². The van der Waals surface area contributed by atoms with Gasteiger partial charge in [0.2, 0.25) is 0 Å². The Hall–Kier alpha value is -1.52. The van der Waals surface area contributed by atoms with Crippen LogP contribution in [-0.4, -0.2) is 29.3 Å². The highest BCUT2D eigenvalue weighted by Gasteiger charge is 2.31. The molecule has 0 aliphatic rings. The van der Waals surface area contributed by atoms with Gasteiger partial charge in [0.25, 0.3) is 0 Å². The molecule has 1 unspecified atom stereocenters. The summed E-state index contributed by atoms with van der Waals surface area (Å²) >= 11 is 0. The second-order valence-corrected chi connectivity index (χ2v) is 3.33. The lowest BCUT2D eigenvalue weighted by molar-refractivity contribution is -0.141. The van der Waals surface area contributed by atoms with Crippen molar-refractivity contribution in [3.8, 4) is 0 Å². The summed E-state index contributed by atoms with van der Waals surface area (Å²) < 4.78 is 4.77. The van der Waals surface area contributed by atoms with Gasteiger partial charge in [-0.15, -0.1) is 6.58 Å². The van der Waals surface area contributed by atoms with E-state index in [9.17, 15) is 9.59 Å². The van der Waals surface area contributed by atoms with Gasteiger partial charge in [0.15, 0.2) is 5.54 Å². The zero-order valence-corrected chi connectivity index (χ0v) is 9.08. The number of rotatable bonds is 6. The molecule has 0 saturated carbocycles. The Bertz CT molecular complexity index is 252. The van der Waals surface area contributed by atoms with Crippen LogP contribution in [0.5, 0.6) is 0 Å². The average Bonchev–Trinajstić information content (AvgIpc) is 2.17. The number of carbonyl (C=O) groups is 2. The summed E-state index contributed by atoms with van der Waals surface area (Å²) in [5.41, 5.74) is -1.48. The summed E-state index contributed by atoms with van der Waals surface area (Å²) in [6.07, 6.45) is 2.07. The van der Waals surface area contributed by atoms with Crippen LogP contribution in [0, 0.1) is 0 Å². The molecule has 0 aromatic heterocycles. The number of hydrogen-bond donors (Lipinski definition) is 2. The molecule has 0 saturated heterocycles. The van der Waals surface area contributed by atoms with Crippen molar-refractivity contribution < 1.29 is 19.4 Å². The lowest BCUT2D eigenvalue weighted by atomic mass is 10.0. The number of nitrogens with one attached hydrogen (secondary N) is 1. The molecule has 0 fully saturated rings. The normalized spacial score (nSPS) is 13.7. The molecule has 0 heterocycles. The van der Waals surface area contributed by atoms with Crippen molar-refractivity contribution in [3.05, 3.63) is 12.7 Å². The van der Waals surface area contributed by atoms with Crippen LogP contribution in [0.2, 0.25) is 0 Å². The predicted molar refractivity (Wildman–Crippen MR) is 55.6 cm³/mol. The van der Waals surface area contributed by atoms with Gasteiger partial charge >= 0.3 is 12.1 Å². The topological polar surface area (TPSA) is 75.6 Å². The second kappa shape index (κ2) is 6.06. The Morgan fingerprint density at radius 3 is 2.60 bits per heavy atom. The Kier molecular flexibility index (Phi) is 5.44. The van der Waals surface area contributed by atoms with Gasteiger partial charge in [-0.25, -0.2) is 9.59 Å². The average molecular weight is 215 g/mol. The highest BCUT2D eigenvalue weighted by atomic mass is 16.5. The fraction of sp³-hybridized carbons (Fsp3) is 0.600. The molecule has 0 spiro atoms. The largest absolute Gasteiger partial charge is 0.479 e. The molecule has 2 N–H and O–H groups in total. The van der Waals surface area contributed by atoms with Crippen molar-refractivity contribution in [2.24, 2.45) is 0 Å². The van der Waals surface area contributed by atoms with Crippen LogP contribution in [0.15, 0.2) is 12.7 Å². The third kappa shape index (κ3) is 4.49. The van der Waals surface area contributed by atoms with Crippen LogP contribution in [0.4, 0.5) is 4.79 Å². The summed E-state index contributed by atoms with van der Waals surface area (Å²) in [5, 5.41) is 11.0. The van der Waals surface area contributed by atoms with Crippen LogP contribution in [0.1, 0.15) is 26.7 Å². The number of alkyl carbamates (subject to hydrolysis) is 1. The summed E-state index contributed by atoms with van der Waals surface area (Å²) in [6.45, 7) is 6.94. The fourth-order valence-corrected chi connectivity index (χ4v) is 0.749. The van der Waals surface area contributed by atoms with Crippen molar-refractivity contribution in [2.45, 2.75) is 32.2 Å². The molecule has 15 heavy (non-hydrogen) atoms. The van der Waals surface area contributed by atoms with Gasteiger partial charge < -0.3 is 15.2 Å². The Balaban J connectivity index is 4.13. The van der Waals surface area contributed by atoms with E-state index in [0.29, 0.717) is 0 Å². The molecular weight excluding hydrogens is 198 g/mol. The SMILES string of the molecule is C=CC(C)(NC(=O)OCCCC)C(=O)O. The molecule has 0 aliphatic heterocycles. The number of carboxylic acid groups (broad SMARTS) is 1. The summed E-state index contributed by atoms with van der Waals surface area (Å²) in [4.78, 5) is 21.9. The molecule has 0 radical (unpaired) electrons. The van der Waals surface area contributed by atoms with Gasteiger partial charge in [0.1, 0.15) is 0 Å². The van der Waals surface area contributed by atoms with E-state index < -0.39 is 17.6 Å². The lowest BCUT2D eigenvalue weighted by Crippen LogP contribution is -2.50. The molecule has 86 valence electrons. The molecule has 1 amide bonds. The van der Waals surface area contributed by atoms with Crippen molar-refractivity contribution in [2.75, 3.05) is 6.61 Å². The number of ether oxygens (including phenoxy) is 1. The number of aliphatic carboxylic acids is 1. The quantitative estimate of drug-likeness (QED) is 0.520. The van der Waals surface area contributed by atoms with Gasteiger partial charge in [-0.1, -0.05) is 19.4 Å². The minimum Gasteiger partial charge on any atom is -0.479 e. The highest BCUT2D eigenvalue weighted by Crippen LogP contribution is 2.05. The van der Waals surface area contributed by atoms with Gasteiger partial charge in [-0.05, 0) is 13.3 Å². The summed E-state index contributed by atoms with van der Waals surface area (Å²) in [6, 6.07) is 0. The minimum absolute atomic E-state index is 0.287. The maximum absolute atomic E-state index is 11.2. The van der Waals surface area contributed by atoms with Gasteiger partial charge in [-0.2, -0.15) is 0 Å². The Morgan fingerprint density at radius 2 is 2.20 bits per heavy atom. The van der Waals surface area contributed by atoms with Crippen molar-refractivity contribution in [3.63, 3.8) is 0 Å². The molecule has 0 bridgehead atoms. The molecule has 0 rings (SSSR count). The monoisotopic (exact) mass is 215 g/mol. The lowest BCUT2D eigenvalue weighted by Gasteiger charge is -2.21. The molecule has 0 aromatic rings. The van der Waals surface area contributed by atoms with Gasteiger partial charge in [0, 0.05) is 0 Å². The fourth-order valence-electron chi connectivity index (χ4n) is 0.749. The van der Waals surface area contributed by atoms with E-state index in [0.717, 1.165) is 18.9 Å². The maximum Gasteiger partial charge on any atom is 0.408 e. The van der Waals surface area contributed by atoms with Crippen LogP contribution >= 0.6 is 0 Å². The Morgan fingerprint density at radius 1 is 1.60 bits per heavy atom. The van der Waals surface area contributed by atoms with Gasteiger partial charge in [0.05, 0.1) is 6.61 Å². The van der Waals surface area contributed by atoms with Crippen LogP contribution in [0.3, 0.4) is 0 Å². The number of unbranched alkanes of at least 4 members (excludes halogenated alkanes) is 1. The molecule has 5 nitrogen and oxygen atoms in total. The third-order valence-electron chi connectivity index (χ3n) is 1.95. The van der Waals surface area contributed by atoms with Gasteiger partial charge in [-0.3, -0.25) is 0 Å². The van der Waals surface area contributed by atoms with E-state index in [1.807, 2.05) is 6.92 Å². The number of carbonyl (C=O) groups excluding carboxylic acids is 1. The maximum atomic E-state index is 11.2. The van der Waals surface area contributed by atoms with E-state index in [1.165, 1.54) is 6.92 Å². The first-order valence-corrected chi connectivity index (χ1v) is 4.78. The molecular formula is C10H17NO4. The molecule has 1 atom stereocenters. The number of amides is 1. The van der Waals surface area contributed by atoms with Crippen LogP contribution in [-0.2, 0) is 9.53 Å². The number of hydrogen-bond acceptors (Lipinski definition) is 3. The van der Waals surface area contributed by atoms with E-state index in [-0.39, 0.29) is 6.61 Å². The van der Waals surface area contributed by atoms with E-state index in [1.54, 1.807) is 0 Å². The third-order valence-corrected chi connectivity index (χ3v) is 1.95. The predicted octanol–water partition coefficient (Wildman–Crippen LogP) is 1.54. The smallest absolute Gasteiger partial charge is 0.408 e. The molecule has 0 aromatic carbocycles. The van der Waals surface area contributed by atoms with Crippen molar-refractivity contribution in [1.29, 1.82) is 0 Å². The zero-order chi connectivity index (χ0) is 11.9. The zero-order valence-electron chi connectivity index (χ0n) is 9.08. The van der Waals surface area contributed by atoms with E-state index in [4.69, 9.17) is 9.84 Å². The standard InChI is InChI=1S/C10H17NO4/c1-4-6-7-15-9(14)11-10(3,5-2)8(12)13/h5H,2,4,6-7H2,1,3H3,(H,11,14)(H,12,13). The number of carboxylic acids is 1.